The van der Waals surface area contributed by atoms with E-state index in [-0.39, 0.29) is 66.7 Å². The van der Waals surface area contributed by atoms with Crippen molar-refractivity contribution in [1.29, 1.82) is 0 Å². The van der Waals surface area contributed by atoms with E-state index in [1.807, 2.05) is 90.9 Å². The van der Waals surface area contributed by atoms with Crippen LogP contribution >= 0.6 is 0 Å². The number of hydroxylamine groups is 1. The molecular weight excluding hydrogens is 997 g/mol. The Labute approximate surface area is 464 Å². The number of carbonyl (C=O) groups excluding carboxylic acids is 6. The number of hydrogen-bond donors (Lipinski definition) is 5. The molecule has 19 nitrogen and oxygen atoms in total. The quantitative estimate of drug-likeness (QED) is 0.0425. The van der Waals surface area contributed by atoms with Crippen LogP contribution in [0, 0.1) is 29.6 Å². The van der Waals surface area contributed by atoms with Crippen LogP contribution in [0.25, 0.3) is 0 Å². The summed E-state index contributed by atoms with van der Waals surface area (Å²) in [6, 6.07) is 13.2. The van der Waals surface area contributed by atoms with Gasteiger partial charge >= 0.3 is 5.97 Å². The molecule has 2 heterocycles. The van der Waals surface area contributed by atoms with Crippen molar-refractivity contribution >= 4 is 47.1 Å². The molecule has 78 heavy (non-hydrogen) atoms. The second-order valence-corrected chi connectivity index (χ2v) is 22.5. The Morgan fingerprint density at radius 2 is 1.42 bits per heavy atom. The normalized spacial score (nSPS) is 18.3. The Bertz CT molecular complexity index is 2200. The lowest BCUT2D eigenvalue weighted by atomic mass is 9.89. The van der Waals surface area contributed by atoms with Gasteiger partial charge in [0.25, 0.3) is 5.91 Å². The first kappa shape index (κ1) is 65.1. The molecule has 0 aliphatic carbocycles. The summed E-state index contributed by atoms with van der Waals surface area (Å²) in [5, 5.41) is 18.1. The highest BCUT2D eigenvalue weighted by Crippen LogP contribution is 2.30. The average Bonchev–Trinajstić information content (AvgIpc) is 3.90. The van der Waals surface area contributed by atoms with Crippen molar-refractivity contribution < 1.29 is 53.0 Å². The van der Waals surface area contributed by atoms with Crippen LogP contribution in [0.5, 0.6) is 0 Å². The highest BCUT2D eigenvalue weighted by molar-refractivity contribution is 5.91. The minimum Gasteiger partial charge on any atom is -0.481 e. The third-order valence-electron chi connectivity index (χ3n) is 15.8. The van der Waals surface area contributed by atoms with Crippen LogP contribution in [0.2, 0.25) is 0 Å². The van der Waals surface area contributed by atoms with Crippen molar-refractivity contribution in [3.63, 3.8) is 0 Å². The van der Waals surface area contributed by atoms with Crippen molar-refractivity contribution in [2.75, 3.05) is 66.9 Å². The van der Waals surface area contributed by atoms with Crippen LogP contribution in [0.15, 0.2) is 54.6 Å². The molecule has 9 atom stereocenters. The Kier molecular flexibility index (Phi) is 27.2. The highest BCUT2D eigenvalue weighted by atomic mass is 16.7. The molecule has 0 radical (unpaired) electrons. The SMILES string of the molecule is CCC(C)C(C(CC(=O)N1CCCC1C(OC)C(C)C(=O)NC(Cc1ccccc1)C(=O)NOCc1ccc(NC(=O)CCCCCN2CCC(C(=O)O)CC2)cc1)OC)N(C)C(=O)C(NC(=O)C(C(C)C)N(C)C)C(C)C. The second-order valence-electron chi connectivity index (χ2n) is 22.5. The lowest BCUT2D eigenvalue weighted by Gasteiger charge is -2.41. The number of ether oxygens (including phenoxy) is 2. The van der Waals surface area contributed by atoms with Gasteiger partial charge in [-0.1, -0.05) is 104 Å². The first-order valence-electron chi connectivity index (χ1n) is 28.3. The molecule has 436 valence electrons. The third kappa shape index (κ3) is 19.4. The molecule has 9 unspecified atom stereocenters. The number of benzene rings is 2. The average molecular weight is 1090 g/mol. The van der Waals surface area contributed by atoms with E-state index in [1.165, 1.54) is 7.11 Å². The van der Waals surface area contributed by atoms with Crippen LogP contribution in [-0.4, -0.2) is 170 Å². The number of rotatable bonds is 32. The van der Waals surface area contributed by atoms with Crippen molar-refractivity contribution in [1.82, 2.24) is 35.7 Å². The van der Waals surface area contributed by atoms with Crippen molar-refractivity contribution in [3.8, 4) is 0 Å². The minimum absolute atomic E-state index is 0.0155. The Morgan fingerprint density at radius 1 is 0.756 bits per heavy atom. The molecule has 2 saturated heterocycles. The molecule has 0 bridgehead atoms. The van der Waals surface area contributed by atoms with Crippen molar-refractivity contribution in [3.05, 3.63) is 65.7 Å². The van der Waals surface area contributed by atoms with E-state index in [2.05, 4.69) is 26.3 Å². The topological polar surface area (TPSA) is 228 Å². The van der Waals surface area contributed by atoms with Crippen molar-refractivity contribution in [2.24, 2.45) is 29.6 Å². The van der Waals surface area contributed by atoms with Crippen LogP contribution in [-0.2, 0) is 60.9 Å². The molecule has 6 amide bonds. The fraction of sp³-hybridized carbons (Fsp3) is 0.678. The van der Waals surface area contributed by atoms with Crippen molar-refractivity contribution in [2.45, 2.75) is 168 Å². The van der Waals surface area contributed by atoms with Gasteiger partial charge in [-0.2, -0.15) is 0 Å². The van der Waals surface area contributed by atoms with Crippen LogP contribution < -0.4 is 21.4 Å². The van der Waals surface area contributed by atoms with Crippen LogP contribution in [0.4, 0.5) is 5.69 Å². The second kappa shape index (κ2) is 32.6. The smallest absolute Gasteiger partial charge is 0.306 e. The number of amides is 6. The number of aliphatic carboxylic acids is 1. The number of hydrogen-bond acceptors (Lipinski definition) is 12. The standard InChI is InChI=1S/C59H94N8O11/c1-13-40(6)53(65(10)58(73)51(38(2)3)62-57(72)52(39(4)5)64(8)9)48(76-11)36-50(69)67-32-20-23-47(67)54(77-12)41(7)55(70)61-46(35-42-21-16-14-17-22-42)56(71)63-78-37-43-25-27-45(28-26-43)60-49(68)24-18-15-19-31-66-33-29-44(30-34-66)59(74)75/h14,16-17,21-22,25-28,38-41,44,46-48,51-54H,13,15,18-20,23-24,29-37H2,1-12H3,(H,60,68)(H,61,70)(H,62,72)(H,63,71)(H,74,75). The first-order valence-corrected chi connectivity index (χ1v) is 28.3. The summed E-state index contributed by atoms with van der Waals surface area (Å²) in [5.41, 5.74) is 4.72. The molecule has 5 N–H and O–H groups in total. The predicted octanol–water partition coefficient (Wildman–Crippen LogP) is 5.90. The van der Waals surface area contributed by atoms with Gasteiger partial charge in [-0.15, -0.1) is 0 Å². The number of piperidine rings is 1. The fourth-order valence-corrected chi connectivity index (χ4v) is 11.1. The summed E-state index contributed by atoms with van der Waals surface area (Å²) < 4.78 is 12.1. The maximum atomic E-state index is 14.5. The van der Waals surface area contributed by atoms with E-state index < -0.39 is 66.1 Å². The number of unbranched alkanes of at least 4 members (excludes halogenated alkanes) is 2. The fourth-order valence-electron chi connectivity index (χ4n) is 11.1. The van der Waals surface area contributed by atoms with E-state index >= 15 is 0 Å². The number of nitrogens with zero attached hydrogens (tertiary/aromatic N) is 4. The first-order chi connectivity index (χ1) is 37.1. The van der Waals surface area contributed by atoms with E-state index in [9.17, 15) is 38.7 Å². The Morgan fingerprint density at radius 3 is 2.00 bits per heavy atom. The summed E-state index contributed by atoms with van der Waals surface area (Å²) in [6.45, 7) is 16.5. The number of carboxylic acid groups (broad SMARTS) is 1. The number of carboxylic acids is 1. The summed E-state index contributed by atoms with van der Waals surface area (Å²) in [6.07, 6.45) is 5.07. The molecule has 0 aromatic heterocycles. The molecule has 19 heteroatoms. The number of likely N-dealkylation sites (N-methyl/N-ethyl adjacent to an activating group) is 2. The predicted molar refractivity (Wildman–Crippen MR) is 301 cm³/mol. The molecular formula is C59H94N8O11. The Balaban J connectivity index is 1.35. The van der Waals surface area contributed by atoms with Gasteiger partial charge in [0.05, 0.1) is 55.2 Å². The number of carbonyl (C=O) groups is 7. The van der Waals surface area contributed by atoms with Gasteiger partial charge in [0, 0.05) is 46.3 Å². The highest BCUT2D eigenvalue weighted by Gasteiger charge is 2.44. The third-order valence-corrected chi connectivity index (χ3v) is 15.8. The molecule has 2 aromatic rings. The van der Waals surface area contributed by atoms with Gasteiger partial charge in [0.2, 0.25) is 29.5 Å². The van der Waals surface area contributed by atoms with Gasteiger partial charge in [-0.05, 0) is 113 Å². The van der Waals surface area contributed by atoms with Crippen LogP contribution in [0.3, 0.4) is 0 Å². The zero-order chi connectivity index (χ0) is 57.6. The lowest BCUT2D eigenvalue weighted by Crippen LogP contribution is -2.59. The van der Waals surface area contributed by atoms with E-state index in [1.54, 1.807) is 55.1 Å². The molecule has 2 aliphatic heterocycles. The summed E-state index contributed by atoms with van der Waals surface area (Å²) in [7, 11) is 8.47. The maximum Gasteiger partial charge on any atom is 0.306 e. The van der Waals surface area contributed by atoms with E-state index in [0.29, 0.717) is 50.8 Å². The molecule has 4 rings (SSSR count). The van der Waals surface area contributed by atoms with Gasteiger partial charge in [0.1, 0.15) is 12.1 Å². The van der Waals surface area contributed by atoms with Gasteiger partial charge in [-0.25, -0.2) is 5.48 Å². The molecule has 2 aromatic carbocycles. The monoisotopic (exact) mass is 1090 g/mol. The summed E-state index contributed by atoms with van der Waals surface area (Å²) in [4.78, 5) is 108. The summed E-state index contributed by atoms with van der Waals surface area (Å²) >= 11 is 0. The molecule has 0 spiro atoms. The van der Waals surface area contributed by atoms with Gasteiger partial charge in [-0.3, -0.25) is 43.3 Å². The minimum atomic E-state index is -1.03. The maximum absolute atomic E-state index is 14.5. The van der Waals surface area contributed by atoms with Gasteiger partial charge < -0.3 is 45.2 Å². The Hall–Kier alpha value is -5.47. The molecule has 2 aliphatic rings. The zero-order valence-corrected chi connectivity index (χ0v) is 48.8. The lowest BCUT2D eigenvalue weighted by molar-refractivity contribution is -0.148. The number of methoxy groups -OCH3 is 2. The van der Waals surface area contributed by atoms with E-state index in [0.717, 1.165) is 50.0 Å². The number of nitrogens with one attached hydrogen (secondary N) is 4. The molecule has 0 saturated carbocycles. The number of likely N-dealkylation sites (tertiary alicyclic amines) is 2. The number of anilines is 1. The zero-order valence-electron chi connectivity index (χ0n) is 48.8. The van der Waals surface area contributed by atoms with Gasteiger partial charge in [0.15, 0.2) is 0 Å². The van der Waals surface area contributed by atoms with Crippen LogP contribution in [0.1, 0.15) is 124 Å². The van der Waals surface area contributed by atoms with E-state index in [4.69, 9.17) is 14.3 Å². The summed E-state index contributed by atoms with van der Waals surface area (Å²) in [5.74, 6) is -3.77. The molecule has 2 fully saturated rings. The largest absolute Gasteiger partial charge is 0.481 e.